The second kappa shape index (κ2) is 8.28. The number of halogens is 1. The van der Waals surface area contributed by atoms with E-state index in [1.807, 2.05) is 12.1 Å². The van der Waals surface area contributed by atoms with Crippen LogP contribution in [0.5, 0.6) is 0 Å². The summed E-state index contributed by atoms with van der Waals surface area (Å²) in [7, 11) is 0. The van der Waals surface area contributed by atoms with Gasteiger partial charge in [-0.2, -0.15) is 5.10 Å². The molecule has 7 nitrogen and oxygen atoms in total. The fraction of sp³-hybridized carbons (Fsp3) is 0.143. The van der Waals surface area contributed by atoms with Crippen molar-refractivity contribution in [2.24, 2.45) is 5.10 Å². The minimum atomic E-state index is -0.623. The van der Waals surface area contributed by atoms with Crippen molar-refractivity contribution in [1.29, 1.82) is 0 Å². The number of nitrogens with zero attached hydrogens (tertiary/aromatic N) is 3. The highest BCUT2D eigenvalue weighted by atomic mass is 35.5. The molecule has 0 bridgehead atoms. The molecular weight excluding hydrogens is 394 g/mol. The molecule has 0 unspecified atom stereocenters. The van der Waals surface area contributed by atoms with Crippen LogP contribution in [0.15, 0.2) is 76.7 Å². The van der Waals surface area contributed by atoms with Crippen molar-refractivity contribution in [3.05, 3.63) is 89.1 Å². The third-order valence-electron chi connectivity index (χ3n) is 4.44. The van der Waals surface area contributed by atoms with Gasteiger partial charge in [-0.05, 0) is 42.0 Å². The second-order valence-electron chi connectivity index (χ2n) is 6.35. The molecule has 3 heterocycles. The number of hydrogen-bond acceptors (Lipinski definition) is 6. The minimum Gasteiger partial charge on any atom is -0.467 e. The van der Waals surface area contributed by atoms with E-state index in [2.05, 4.69) is 10.1 Å². The van der Waals surface area contributed by atoms with Gasteiger partial charge in [0.25, 0.3) is 5.91 Å². The quantitative estimate of drug-likeness (QED) is 0.597. The SMILES string of the molecule is O=C(OCC(=O)N1N=C(c2ccc(Cl)cc2)C[C@@H]1c1ccco1)c1cccnc1. The first-order valence-electron chi connectivity index (χ1n) is 8.88. The number of hydrogen-bond donors (Lipinski definition) is 0. The summed E-state index contributed by atoms with van der Waals surface area (Å²) in [6.07, 6.45) is 4.94. The third kappa shape index (κ3) is 4.20. The Balaban J connectivity index is 1.52. The zero-order valence-electron chi connectivity index (χ0n) is 15.2. The number of furan rings is 1. The van der Waals surface area contributed by atoms with E-state index in [0.717, 1.165) is 11.3 Å². The smallest absolute Gasteiger partial charge is 0.340 e. The van der Waals surface area contributed by atoms with E-state index >= 15 is 0 Å². The monoisotopic (exact) mass is 409 g/mol. The molecule has 3 aromatic rings. The zero-order valence-corrected chi connectivity index (χ0v) is 16.0. The molecule has 1 atom stereocenters. The first-order chi connectivity index (χ1) is 14.1. The van der Waals surface area contributed by atoms with Crippen molar-refractivity contribution in [2.75, 3.05) is 6.61 Å². The molecule has 2 aromatic heterocycles. The van der Waals surface area contributed by atoms with Crippen LogP contribution in [0.1, 0.15) is 34.1 Å². The number of esters is 1. The molecule has 0 saturated carbocycles. The van der Waals surface area contributed by atoms with Crippen molar-refractivity contribution in [2.45, 2.75) is 12.5 Å². The topological polar surface area (TPSA) is 85.0 Å². The molecule has 29 heavy (non-hydrogen) atoms. The summed E-state index contributed by atoms with van der Waals surface area (Å²) in [5, 5.41) is 6.39. The molecule has 1 aliphatic heterocycles. The molecule has 4 rings (SSSR count). The van der Waals surface area contributed by atoms with E-state index in [4.69, 9.17) is 20.8 Å². The largest absolute Gasteiger partial charge is 0.467 e. The molecule has 0 radical (unpaired) electrons. The lowest BCUT2D eigenvalue weighted by atomic mass is 10.0. The Labute approximate surface area is 171 Å². The Morgan fingerprint density at radius 1 is 1.17 bits per heavy atom. The molecule has 0 spiro atoms. The summed E-state index contributed by atoms with van der Waals surface area (Å²) in [4.78, 5) is 28.7. The van der Waals surface area contributed by atoms with Gasteiger partial charge in [0, 0.05) is 23.8 Å². The highest BCUT2D eigenvalue weighted by Crippen LogP contribution is 2.33. The fourth-order valence-corrected chi connectivity index (χ4v) is 3.15. The van der Waals surface area contributed by atoms with Crippen LogP contribution in [0, 0.1) is 0 Å². The Bertz CT molecular complexity index is 1030. The van der Waals surface area contributed by atoms with Crippen molar-refractivity contribution in [3.63, 3.8) is 0 Å². The lowest BCUT2D eigenvalue weighted by Gasteiger charge is -2.19. The van der Waals surface area contributed by atoms with Crippen LogP contribution in [-0.2, 0) is 9.53 Å². The van der Waals surface area contributed by atoms with Crippen LogP contribution in [0.25, 0.3) is 0 Å². The third-order valence-corrected chi connectivity index (χ3v) is 4.69. The first kappa shape index (κ1) is 18.9. The maximum Gasteiger partial charge on any atom is 0.340 e. The molecule has 0 N–H and O–H groups in total. The summed E-state index contributed by atoms with van der Waals surface area (Å²) in [5.74, 6) is -0.473. The molecule has 146 valence electrons. The first-order valence-corrected chi connectivity index (χ1v) is 9.25. The van der Waals surface area contributed by atoms with Crippen LogP contribution < -0.4 is 0 Å². The number of aromatic nitrogens is 1. The van der Waals surface area contributed by atoms with Gasteiger partial charge in [0.2, 0.25) is 0 Å². The van der Waals surface area contributed by atoms with Gasteiger partial charge in [0.05, 0.1) is 17.5 Å². The summed E-state index contributed by atoms with van der Waals surface area (Å²) < 4.78 is 10.6. The number of carbonyl (C=O) groups is 2. The van der Waals surface area contributed by atoms with E-state index in [1.54, 1.807) is 48.9 Å². The van der Waals surface area contributed by atoms with Crippen molar-refractivity contribution >= 4 is 29.2 Å². The highest BCUT2D eigenvalue weighted by Gasteiger charge is 2.35. The lowest BCUT2D eigenvalue weighted by Crippen LogP contribution is -2.31. The highest BCUT2D eigenvalue weighted by molar-refractivity contribution is 6.30. The van der Waals surface area contributed by atoms with Gasteiger partial charge in [-0.1, -0.05) is 23.7 Å². The molecule has 1 aromatic carbocycles. The summed E-state index contributed by atoms with van der Waals surface area (Å²) in [6, 6.07) is 13.5. The standard InChI is InChI=1S/C21H16ClN3O4/c22-16-7-5-14(6-8-16)17-11-18(19-4-2-10-28-19)25(24-17)20(26)13-29-21(27)15-3-1-9-23-12-15/h1-10,12,18H,11,13H2/t18-/m1/s1. The second-order valence-corrected chi connectivity index (χ2v) is 6.78. The number of pyridine rings is 1. The lowest BCUT2D eigenvalue weighted by molar-refractivity contribution is -0.136. The Kier molecular flexibility index (Phi) is 5.39. The summed E-state index contributed by atoms with van der Waals surface area (Å²) in [6.45, 7) is -0.442. The van der Waals surface area contributed by atoms with Crippen LogP contribution in [0.2, 0.25) is 5.02 Å². The number of ether oxygens (including phenoxy) is 1. The van der Waals surface area contributed by atoms with Crippen molar-refractivity contribution in [1.82, 2.24) is 9.99 Å². The molecule has 1 amide bonds. The molecule has 1 aliphatic rings. The predicted octanol–water partition coefficient (Wildman–Crippen LogP) is 3.86. The molecule has 0 aliphatic carbocycles. The van der Waals surface area contributed by atoms with E-state index in [0.29, 0.717) is 17.2 Å². The van der Waals surface area contributed by atoms with Crippen molar-refractivity contribution in [3.8, 4) is 0 Å². The Morgan fingerprint density at radius 3 is 2.69 bits per heavy atom. The van der Waals surface area contributed by atoms with Gasteiger partial charge < -0.3 is 9.15 Å². The number of amides is 1. The number of carbonyl (C=O) groups excluding carboxylic acids is 2. The zero-order chi connectivity index (χ0) is 20.2. The predicted molar refractivity (Wildman–Crippen MR) is 105 cm³/mol. The van der Waals surface area contributed by atoms with Gasteiger partial charge in [-0.3, -0.25) is 9.78 Å². The molecule has 0 fully saturated rings. The summed E-state index contributed by atoms with van der Waals surface area (Å²) in [5.41, 5.74) is 1.85. The van der Waals surface area contributed by atoms with Crippen LogP contribution in [0.3, 0.4) is 0 Å². The molecular formula is C21H16ClN3O4. The number of rotatable bonds is 5. The average Bonchev–Trinajstić information content (AvgIpc) is 3.43. The number of benzene rings is 1. The van der Waals surface area contributed by atoms with E-state index in [1.165, 1.54) is 11.2 Å². The summed E-state index contributed by atoms with van der Waals surface area (Å²) >= 11 is 5.96. The van der Waals surface area contributed by atoms with Gasteiger partial charge in [-0.25, -0.2) is 9.80 Å². The van der Waals surface area contributed by atoms with Crippen molar-refractivity contribution < 1.29 is 18.7 Å². The number of hydrazone groups is 1. The molecule has 8 heteroatoms. The average molecular weight is 410 g/mol. The van der Waals surface area contributed by atoms with Gasteiger partial charge in [0.1, 0.15) is 11.8 Å². The Morgan fingerprint density at radius 2 is 2.00 bits per heavy atom. The minimum absolute atomic E-state index is 0.273. The van der Waals surface area contributed by atoms with E-state index < -0.39 is 24.5 Å². The van der Waals surface area contributed by atoms with E-state index in [-0.39, 0.29) is 5.56 Å². The van der Waals surface area contributed by atoms with Crippen LogP contribution in [-0.4, -0.2) is 34.2 Å². The maximum absolute atomic E-state index is 12.8. The van der Waals surface area contributed by atoms with Gasteiger partial charge in [-0.15, -0.1) is 0 Å². The van der Waals surface area contributed by atoms with Gasteiger partial charge >= 0.3 is 5.97 Å². The van der Waals surface area contributed by atoms with Crippen LogP contribution in [0.4, 0.5) is 0 Å². The fourth-order valence-electron chi connectivity index (χ4n) is 3.02. The molecule has 0 saturated heterocycles. The maximum atomic E-state index is 12.8. The normalized spacial score (nSPS) is 15.8. The van der Waals surface area contributed by atoms with Crippen LogP contribution >= 0.6 is 11.6 Å². The Hall–Kier alpha value is -3.45. The van der Waals surface area contributed by atoms with E-state index in [9.17, 15) is 9.59 Å². The van der Waals surface area contributed by atoms with Gasteiger partial charge in [0.15, 0.2) is 6.61 Å².